The van der Waals surface area contributed by atoms with Gasteiger partial charge in [0.1, 0.15) is 0 Å². The van der Waals surface area contributed by atoms with Crippen LogP contribution in [0.3, 0.4) is 0 Å². The van der Waals surface area contributed by atoms with Crippen molar-refractivity contribution in [1.82, 2.24) is 0 Å². The molecule has 0 heterocycles. The van der Waals surface area contributed by atoms with Crippen LogP contribution in [0.15, 0.2) is 35.2 Å². The second-order valence-corrected chi connectivity index (χ2v) is 6.41. The lowest BCUT2D eigenvalue weighted by Gasteiger charge is -2.27. The van der Waals surface area contributed by atoms with Gasteiger partial charge in [-0.05, 0) is 36.1 Å². The first-order valence-electron chi connectivity index (χ1n) is 7.06. The van der Waals surface area contributed by atoms with Crippen molar-refractivity contribution in [2.75, 3.05) is 5.75 Å². The molecule has 0 bridgehead atoms. The van der Waals surface area contributed by atoms with E-state index in [1.807, 2.05) is 11.8 Å². The summed E-state index contributed by atoms with van der Waals surface area (Å²) < 4.78 is 0. The minimum Gasteiger partial charge on any atom is -0.269 e. The molecule has 0 aromatic heterocycles. The smallest absolute Gasteiger partial charge is 0.00719 e. The molecule has 0 unspecified atom stereocenters. The highest BCUT2D eigenvalue weighted by Crippen LogP contribution is 2.33. The summed E-state index contributed by atoms with van der Waals surface area (Å²) in [5.41, 5.74) is 0. The lowest BCUT2D eigenvalue weighted by atomic mass is 9.80. The Bertz CT molecular complexity index is 316. The molecule has 1 aromatic carbocycles. The first kappa shape index (κ1) is 29.3. The van der Waals surface area contributed by atoms with Gasteiger partial charge in [-0.25, -0.2) is 0 Å². The minimum atomic E-state index is 0. The molecule has 22 heavy (non-hydrogen) atoms. The Balaban J connectivity index is -0.000000324. The van der Waals surface area contributed by atoms with Crippen molar-refractivity contribution in [3.8, 4) is 0 Å². The van der Waals surface area contributed by atoms with E-state index in [9.17, 15) is 0 Å². The molecule has 1 saturated carbocycles. The minimum absolute atomic E-state index is 0. The normalized spacial score (nSPS) is 19.1. The van der Waals surface area contributed by atoms with Crippen LogP contribution < -0.4 is 0 Å². The third-order valence-corrected chi connectivity index (χ3v) is 5.13. The second-order valence-electron chi connectivity index (χ2n) is 5.25. The van der Waals surface area contributed by atoms with Crippen molar-refractivity contribution in [3.63, 3.8) is 0 Å². The third kappa shape index (κ3) is 10.0. The predicted octanol–water partition coefficient (Wildman–Crippen LogP) is 6.15. The molecule has 0 saturated heterocycles. The van der Waals surface area contributed by atoms with Crippen LogP contribution in [0.4, 0.5) is 23.5 Å². The van der Waals surface area contributed by atoms with E-state index >= 15 is 0 Å². The largest absolute Gasteiger partial charge is 0.269 e. The van der Waals surface area contributed by atoms with Crippen molar-refractivity contribution in [1.29, 1.82) is 0 Å². The summed E-state index contributed by atoms with van der Waals surface area (Å²) in [7, 11) is 0. The Morgan fingerprint density at radius 2 is 1.32 bits per heavy atom. The Hall–Kier alpha value is -0.780. The van der Waals surface area contributed by atoms with Crippen LogP contribution in [0.2, 0.25) is 0 Å². The standard InChI is InChI=1S/C16H24S.5FH/c1-2-14-8-10-15(11-9-14)12-13-17-16-6-4-3-5-7-16;;;;;/h3-7,14-15H,2,8-13H2,1H3;5*1H. The molecule has 1 aliphatic rings. The first-order chi connectivity index (χ1) is 8.38. The van der Waals surface area contributed by atoms with E-state index < -0.39 is 0 Å². The fraction of sp³-hybridized carbons (Fsp3) is 0.625. The van der Waals surface area contributed by atoms with Crippen LogP contribution in [-0.2, 0) is 0 Å². The summed E-state index contributed by atoms with van der Waals surface area (Å²) in [6, 6.07) is 10.8. The predicted molar refractivity (Wildman–Crippen MR) is 90.0 cm³/mol. The number of rotatable bonds is 5. The maximum absolute atomic E-state index is 2.34. The summed E-state index contributed by atoms with van der Waals surface area (Å²) in [4.78, 5) is 1.43. The van der Waals surface area contributed by atoms with E-state index in [0.29, 0.717) is 0 Å². The van der Waals surface area contributed by atoms with Crippen LogP contribution in [0, 0.1) is 11.8 Å². The van der Waals surface area contributed by atoms with Crippen molar-refractivity contribution < 1.29 is 23.5 Å². The van der Waals surface area contributed by atoms with Crippen molar-refractivity contribution in [2.45, 2.75) is 50.3 Å². The zero-order chi connectivity index (χ0) is 11.9. The van der Waals surface area contributed by atoms with Crippen LogP contribution in [0.5, 0.6) is 0 Å². The summed E-state index contributed by atoms with van der Waals surface area (Å²) in [6.07, 6.45) is 8.73. The van der Waals surface area contributed by atoms with E-state index in [-0.39, 0.29) is 23.5 Å². The number of halogens is 5. The quantitative estimate of drug-likeness (QED) is 0.454. The molecule has 6 heteroatoms. The molecule has 1 fully saturated rings. The molecule has 0 spiro atoms. The molecule has 0 amide bonds. The number of thioether (sulfide) groups is 1. The maximum atomic E-state index is 2.34. The summed E-state index contributed by atoms with van der Waals surface area (Å²) in [6.45, 7) is 2.34. The van der Waals surface area contributed by atoms with E-state index in [1.165, 1.54) is 49.2 Å². The Kier molecular flexibility index (Phi) is 22.1. The van der Waals surface area contributed by atoms with Gasteiger partial charge in [0, 0.05) is 4.90 Å². The zero-order valence-electron chi connectivity index (χ0n) is 12.9. The van der Waals surface area contributed by atoms with Gasteiger partial charge in [0.25, 0.3) is 0 Å². The van der Waals surface area contributed by atoms with E-state index in [0.717, 1.165) is 11.8 Å². The molecule has 1 aliphatic carbocycles. The zero-order valence-corrected chi connectivity index (χ0v) is 13.8. The monoisotopic (exact) mass is 348 g/mol. The number of hydrogen-bond acceptors (Lipinski definition) is 1. The lowest BCUT2D eigenvalue weighted by Crippen LogP contribution is -2.14. The van der Waals surface area contributed by atoms with Gasteiger partial charge >= 0.3 is 0 Å². The summed E-state index contributed by atoms with van der Waals surface area (Å²) >= 11 is 2.02. The summed E-state index contributed by atoms with van der Waals surface area (Å²) in [5, 5.41) is 0. The van der Waals surface area contributed by atoms with Crippen molar-refractivity contribution in [2.24, 2.45) is 11.8 Å². The lowest BCUT2D eigenvalue weighted by molar-refractivity contribution is 0.265. The molecular formula is C16H29F5S. The fourth-order valence-electron chi connectivity index (χ4n) is 2.79. The Morgan fingerprint density at radius 1 is 0.818 bits per heavy atom. The maximum Gasteiger partial charge on any atom is 0.00719 e. The van der Waals surface area contributed by atoms with Gasteiger partial charge < -0.3 is 0 Å². The van der Waals surface area contributed by atoms with Crippen LogP contribution in [0.1, 0.15) is 45.4 Å². The summed E-state index contributed by atoms with van der Waals surface area (Å²) in [5.74, 6) is 3.34. The van der Waals surface area contributed by atoms with Gasteiger partial charge in [-0.3, -0.25) is 23.5 Å². The molecule has 0 atom stereocenters. The van der Waals surface area contributed by atoms with Gasteiger partial charge in [-0.1, -0.05) is 57.2 Å². The molecule has 134 valence electrons. The fourth-order valence-corrected chi connectivity index (χ4v) is 3.83. The third-order valence-electron chi connectivity index (χ3n) is 4.08. The van der Waals surface area contributed by atoms with Crippen LogP contribution in [0.25, 0.3) is 0 Å². The highest BCUT2D eigenvalue weighted by Gasteiger charge is 2.19. The van der Waals surface area contributed by atoms with Gasteiger partial charge in [-0.2, -0.15) is 0 Å². The SMILES string of the molecule is CCC1CCC(CCSc2ccccc2)CC1.F.F.F.F.F. The van der Waals surface area contributed by atoms with Gasteiger partial charge in [0.05, 0.1) is 0 Å². The molecule has 1 aromatic rings. The topological polar surface area (TPSA) is 0 Å². The number of benzene rings is 1. The highest BCUT2D eigenvalue weighted by atomic mass is 32.2. The molecule has 2 rings (SSSR count). The molecular weight excluding hydrogens is 319 g/mol. The van der Waals surface area contributed by atoms with E-state index in [1.54, 1.807) is 0 Å². The van der Waals surface area contributed by atoms with E-state index in [4.69, 9.17) is 0 Å². The van der Waals surface area contributed by atoms with Gasteiger partial charge in [0.15, 0.2) is 0 Å². The van der Waals surface area contributed by atoms with Crippen LogP contribution in [-0.4, -0.2) is 5.75 Å². The number of hydrogen-bond donors (Lipinski definition) is 0. The average Bonchev–Trinajstić information content (AvgIpc) is 2.41. The highest BCUT2D eigenvalue weighted by molar-refractivity contribution is 7.99. The van der Waals surface area contributed by atoms with E-state index in [2.05, 4.69) is 37.3 Å². The van der Waals surface area contributed by atoms with Gasteiger partial charge in [0.2, 0.25) is 0 Å². The Morgan fingerprint density at radius 3 is 1.82 bits per heavy atom. The molecule has 0 nitrogen and oxygen atoms in total. The Labute approximate surface area is 134 Å². The molecule has 0 aliphatic heterocycles. The van der Waals surface area contributed by atoms with Gasteiger partial charge in [-0.15, -0.1) is 11.8 Å². The second kappa shape index (κ2) is 16.6. The van der Waals surface area contributed by atoms with Crippen molar-refractivity contribution >= 4 is 11.8 Å². The average molecular weight is 348 g/mol. The van der Waals surface area contributed by atoms with Crippen LogP contribution >= 0.6 is 11.8 Å². The molecule has 0 radical (unpaired) electrons. The molecule has 0 N–H and O–H groups in total. The van der Waals surface area contributed by atoms with Crippen molar-refractivity contribution in [3.05, 3.63) is 30.3 Å². The first-order valence-corrected chi connectivity index (χ1v) is 8.05.